The molecule has 0 unspecified atom stereocenters. The summed E-state index contributed by atoms with van der Waals surface area (Å²) in [4.78, 5) is 39.2. The summed E-state index contributed by atoms with van der Waals surface area (Å²) in [5.74, 6) is -1.13. The van der Waals surface area contributed by atoms with Crippen LogP contribution in [0.15, 0.2) is 40.9 Å². The van der Waals surface area contributed by atoms with Crippen molar-refractivity contribution in [1.82, 2.24) is 15.7 Å². The molecule has 0 saturated carbocycles. The van der Waals surface area contributed by atoms with Gasteiger partial charge in [-0.15, -0.1) is 0 Å². The second-order valence-electron chi connectivity index (χ2n) is 7.83. The highest BCUT2D eigenvalue weighted by molar-refractivity contribution is 6.07. The monoisotopic (exact) mass is 440 g/mol. The van der Waals surface area contributed by atoms with E-state index < -0.39 is 17.4 Å². The number of pyridine rings is 1. The van der Waals surface area contributed by atoms with E-state index in [0.717, 1.165) is 5.69 Å². The number of carbonyl (C=O) groups excluding carboxylic acids is 2. The first-order chi connectivity index (χ1) is 15.3. The van der Waals surface area contributed by atoms with Gasteiger partial charge in [-0.25, -0.2) is 14.6 Å². The average Bonchev–Trinajstić information content (AvgIpc) is 3.34. The number of amides is 2. The number of imide groups is 1. The number of nitrogens with zero attached hydrogens (tertiary/aromatic N) is 1. The Bertz CT molecular complexity index is 1180. The summed E-state index contributed by atoms with van der Waals surface area (Å²) in [6.45, 7) is 6.83. The number of hydrazine groups is 1. The molecule has 1 aromatic heterocycles. The number of hydrogen-bond donors (Lipinski definition) is 3. The van der Waals surface area contributed by atoms with Crippen LogP contribution >= 0.6 is 0 Å². The second kappa shape index (κ2) is 8.23. The van der Waals surface area contributed by atoms with Crippen LogP contribution in [0, 0.1) is 5.82 Å². The molecule has 2 amide bonds. The number of aromatic nitrogens is 1. The van der Waals surface area contributed by atoms with Crippen LogP contribution in [0.3, 0.4) is 0 Å². The van der Waals surface area contributed by atoms with Crippen LogP contribution in [0.2, 0.25) is 0 Å². The standard InChI is InChI=1S/C23H25FN4O4/c1-4-23(5-2,11-18-21(30)27-22(31)32-18)15-8-9-16(26-20(15)29)13-7-10-17-14(19(13)24)12-25-28(17)6-3/h7-11,25H,4-6,12H2,1-3H3,(H,26,29)(H,27,30,31)/b18-11+. The van der Waals surface area contributed by atoms with Crippen molar-refractivity contribution in [2.45, 2.75) is 45.6 Å². The number of halogens is 1. The van der Waals surface area contributed by atoms with Crippen LogP contribution in [0.4, 0.5) is 14.9 Å². The molecule has 168 valence electrons. The average molecular weight is 440 g/mol. The lowest BCUT2D eigenvalue weighted by Gasteiger charge is -2.28. The van der Waals surface area contributed by atoms with Gasteiger partial charge in [0.15, 0.2) is 5.76 Å². The number of fused-ring (bicyclic) bond motifs is 1. The molecule has 0 spiro atoms. The van der Waals surface area contributed by atoms with Crippen LogP contribution in [0.25, 0.3) is 11.3 Å². The molecule has 0 radical (unpaired) electrons. The van der Waals surface area contributed by atoms with Gasteiger partial charge >= 0.3 is 6.09 Å². The van der Waals surface area contributed by atoms with Gasteiger partial charge < -0.3 is 14.7 Å². The third-order valence-electron chi connectivity index (χ3n) is 6.32. The van der Waals surface area contributed by atoms with Crippen molar-refractivity contribution in [3.63, 3.8) is 0 Å². The summed E-state index contributed by atoms with van der Waals surface area (Å²) < 4.78 is 20.2. The molecule has 0 atom stereocenters. The Kier molecular flexibility index (Phi) is 5.60. The Labute approximate surface area is 184 Å². The van der Waals surface area contributed by atoms with E-state index >= 15 is 4.39 Å². The van der Waals surface area contributed by atoms with Gasteiger partial charge in [0, 0.05) is 35.2 Å². The number of ether oxygens (including phenoxy) is 1. The van der Waals surface area contributed by atoms with E-state index in [9.17, 15) is 14.4 Å². The molecular formula is C23H25FN4O4. The molecule has 1 aromatic carbocycles. The van der Waals surface area contributed by atoms with Crippen molar-refractivity contribution in [2.75, 3.05) is 11.6 Å². The van der Waals surface area contributed by atoms with Gasteiger partial charge in [0.25, 0.3) is 11.5 Å². The molecule has 8 nitrogen and oxygen atoms in total. The van der Waals surface area contributed by atoms with Crippen LogP contribution in [0.5, 0.6) is 0 Å². The maximum atomic E-state index is 15.2. The third kappa shape index (κ3) is 3.48. The highest BCUT2D eigenvalue weighted by Gasteiger charge is 2.35. The van der Waals surface area contributed by atoms with E-state index in [1.165, 1.54) is 6.08 Å². The van der Waals surface area contributed by atoms with E-state index in [4.69, 9.17) is 4.74 Å². The first kappa shape index (κ1) is 21.8. The Balaban J connectivity index is 1.75. The molecule has 2 aromatic rings. The molecule has 3 N–H and O–H groups in total. The van der Waals surface area contributed by atoms with E-state index in [1.807, 2.05) is 31.8 Å². The number of alkyl carbamates (subject to hydrolysis) is 1. The zero-order valence-corrected chi connectivity index (χ0v) is 18.2. The quantitative estimate of drug-likeness (QED) is 0.596. The molecule has 4 rings (SSSR count). The smallest absolute Gasteiger partial charge is 0.404 e. The Hall–Kier alpha value is -3.46. The van der Waals surface area contributed by atoms with Crippen molar-refractivity contribution in [2.24, 2.45) is 0 Å². The highest BCUT2D eigenvalue weighted by Crippen LogP contribution is 2.36. The van der Waals surface area contributed by atoms with Gasteiger partial charge in [0.05, 0.1) is 11.4 Å². The summed E-state index contributed by atoms with van der Waals surface area (Å²) in [5.41, 5.74) is 4.36. The summed E-state index contributed by atoms with van der Waals surface area (Å²) in [5, 5.41) is 3.94. The zero-order chi connectivity index (χ0) is 23.0. The number of anilines is 1. The zero-order valence-electron chi connectivity index (χ0n) is 18.2. The molecule has 1 fully saturated rings. The number of allylic oxidation sites excluding steroid dienone is 1. The van der Waals surface area contributed by atoms with Crippen LogP contribution in [-0.4, -0.2) is 23.5 Å². The Morgan fingerprint density at radius 2 is 1.88 bits per heavy atom. The molecule has 3 heterocycles. The van der Waals surface area contributed by atoms with Crippen molar-refractivity contribution >= 4 is 17.7 Å². The number of hydrogen-bond acceptors (Lipinski definition) is 6. The fraction of sp³-hybridized carbons (Fsp3) is 0.348. The van der Waals surface area contributed by atoms with Crippen molar-refractivity contribution in [1.29, 1.82) is 0 Å². The predicted molar refractivity (Wildman–Crippen MR) is 117 cm³/mol. The minimum absolute atomic E-state index is 0.125. The second-order valence-corrected chi connectivity index (χ2v) is 7.83. The first-order valence-electron chi connectivity index (χ1n) is 10.7. The third-order valence-corrected chi connectivity index (χ3v) is 6.32. The maximum Gasteiger partial charge on any atom is 0.419 e. The molecule has 1 saturated heterocycles. The molecule has 2 aliphatic rings. The normalized spacial score (nSPS) is 17.0. The van der Waals surface area contributed by atoms with Crippen molar-refractivity contribution in [3.8, 4) is 11.3 Å². The minimum atomic E-state index is -0.838. The number of carbonyl (C=O) groups is 2. The van der Waals surface area contributed by atoms with E-state index in [1.54, 1.807) is 18.2 Å². The number of rotatable bonds is 6. The van der Waals surface area contributed by atoms with Gasteiger partial charge in [-0.1, -0.05) is 19.9 Å². The largest absolute Gasteiger partial charge is 0.419 e. The van der Waals surface area contributed by atoms with E-state index in [0.29, 0.717) is 48.3 Å². The van der Waals surface area contributed by atoms with Gasteiger partial charge in [-0.2, -0.15) is 0 Å². The number of cyclic esters (lactones) is 1. The summed E-state index contributed by atoms with van der Waals surface area (Å²) in [6, 6.07) is 6.81. The van der Waals surface area contributed by atoms with Crippen LogP contribution in [-0.2, 0) is 21.5 Å². The van der Waals surface area contributed by atoms with Crippen LogP contribution < -0.4 is 21.3 Å². The predicted octanol–water partition coefficient (Wildman–Crippen LogP) is 3.23. The lowest BCUT2D eigenvalue weighted by Crippen LogP contribution is -2.31. The topological polar surface area (TPSA) is 104 Å². The minimum Gasteiger partial charge on any atom is -0.404 e. The number of aromatic amines is 1. The van der Waals surface area contributed by atoms with E-state index in [2.05, 4.69) is 15.7 Å². The highest BCUT2D eigenvalue weighted by atomic mass is 19.1. The fourth-order valence-electron chi connectivity index (χ4n) is 4.39. The number of H-pyrrole nitrogens is 1. The van der Waals surface area contributed by atoms with Gasteiger partial charge in [0.1, 0.15) is 5.82 Å². The van der Waals surface area contributed by atoms with Crippen molar-refractivity contribution in [3.05, 3.63) is 63.4 Å². The summed E-state index contributed by atoms with van der Waals surface area (Å²) in [7, 11) is 0. The van der Waals surface area contributed by atoms with Gasteiger partial charge in [-0.3, -0.25) is 14.9 Å². The number of benzene rings is 1. The van der Waals surface area contributed by atoms with Gasteiger partial charge in [0.2, 0.25) is 0 Å². The Morgan fingerprint density at radius 1 is 1.12 bits per heavy atom. The molecule has 9 heteroatoms. The molecule has 0 bridgehead atoms. The first-order valence-corrected chi connectivity index (χ1v) is 10.7. The molecular weight excluding hydrogens is 415 g/mol. The fourth-order valence-corrected chi connectivity index (χ4v) is 4.39. The Morgan fingerprint density at radius 3 is 2.47 bits per heavy atom. The van der Waals surface area contributed by atoms with Crippen LogP contribution in [0.1, 0.15) is 44.7 Å². The SMILES string of the molecule is CCN1NCc2c1ccc(-c1ccc(C(/C=C3/OC(=O)NC3=O)(CC)CC)c(=O)[nH]1)c2F. The molecule has 0 aliphatic carbocycles. The van der Waals surface area contributed by atoms with E-state index in [-0.39, 0.29) is 17.1 Å². The lowest BCUT2D eigenvalue weighted by atomic mass is 9.75. The summed E-state index contributed by atoms with van der Waals surface area (Å²) >= 11 is 0. The maximum absolute atomic E-state index is 15.2. The lowest BCUT2D eigenvalue weighted by molar-refractivity contribution is -0.116. The molecule has 32 heavy (non-hydrogen) atoms. The molecule has 2 aliphatic heterocycles. The summed E-state index contributed by atoms with van der Waals surface area (Å²) in [6.07, 6.45) is 1.67. The van der Waals surface area contributed by atoms with Crippen molar-refractivity contribution < 1.29 is 18.7 Å². The number of nitrogens with one attached hydrogen (secondary N) is 3. The van der Waals surface area contributed by atoms with Gasteiger partial charge in [-0.05, 0) is 44.0 Å².